The van der Waals surface area contributed by atoms with E-state index >= 15 is 0 Å². The van der Waals surface area contributed by atoms with Crippen LogP contribution in [0.3, 0.4) is 0 Å². The van der Waals surface area contributed by atoms with E-state index in [1.807, 2.05) is 6.20 Å². The summed E-state index contributed by atoms with van der Waals surface area (Å²) < 4.78 is 5.60. The van der Waals surface area contributed by atoms with Gasteiger partial charge in [-0.2, -0.15) is 0 Å². The molecular weight excluding hydrogens is 262 g/mol. The summed E-state index contributed by atoms with van der Waals surface area (Å²) in [5.74, 6) is 1.38. The van der Waals surface area contributed by atoms with E-state index in [1.165, 1.54) is 12.0 Å². The lowest BCUT2D eigenvalue weighted by molar-refractivity contribution is 0.553. The second-order valence-electron chi connectivity index (χ2n) is 6.78. The Balaban J connectivity index is 2.16. The first-order valence-electron chi connectivity index (χ1n) is 7.30. The van der Waals surface area contributed by atoms with E-state index in [1.54, 1.807) is 0 Å². The normalized spacial score (nSPS) is 12.5. The Morgan fingerprint density at radius 1 is 1.14 bits per heavy atom. The molecular formula is C17H21N3O. The molecule has 0 radical (unpaired) electrons. The highest BCUT2D eigenvalue weighted by Crippen LogP contribution is 2.33. The molecule has 0 aliphatic rings. The van der Waals surface area contributed by atoms with Crippen LogP contribution in [0.25, 0.3) is 22.4 Å². The minimum absolute atomic E-state index is 0.000929. The number of benzene rings is 1. The summed E-state index contributed by atoms with van der Waals surface area (Å²) in [7, 11) is 0. The summed E-state index contributed by atoms with van der Waals surface area (Å²) in [6.07, 6.45) is 3.39. The molecule has 3 aromatic rings. The maximum atomic E-state index is 5.60. The van der Waals surface area contributed by atoms with E-state index in [-0.39, 0.29) is 5.41 Å². The minimum atomic E-state index is -0.000929. The number of oxazole rings is 1. The third-order valence-corrected chi connectivity index (χ3v) is 3.71. The summed E-state index contributed by atoms with van der Waals surface area (Å²) >= 11 is 0. The lowest BCUT2D eigenvalue weighted by Crippen LogP contribution is -2.13. The van der Waals surface area contributed by atoms with E-state index < -0.39 is 0 Å². The Kier molecular flexibility index (Phi) is 3.12. The van der Waals surface area contributed by atoms with Crippen molar-refractivity contribution in [2.24, 2.45) is 0 Å². The maximum Gasteiger partial charge on any atom is 0.182 e. The molecule has 0 saturated heterocycles. The van der Waals surface area contributed by atoms with Crippen molar-refractivity contribution in [2.75, 3.05) is 0 Å². The van der Waals surface area contributed by atoms with Crippen LogP contribution in [0.1, 0.15) is 51.9 Å². The fourth-order valence-corrected chi connectivity index (χ4v) is 2.48. The fourth-order valence-electron chi connectivity index (χ4n) is 2.48. The predicted octanol–water partition coefficient (Wildman–Crippen LogP) is 4.64. The van der Waals surface area contributed by atoms with Crippen LogP contribution in [0.2, 0.25) is 0 Å². The molecule has 1 aromatic carbocycles. The molecule has 110 valence electrons. The number of aromatic amines is 1. The van der Waals surface area contributed by atoms with E-state index in [9.17, 15) is 0 Å². The Hall–Kier alpha value is -2.10. The van der Waals surface area contributed by atoms with Crippen LogP contribution in [-0.2, 0) is 5.41 Å². The summed E-state index contributed by atoms with van der Waals surface area (Å²) in [5, 5.41) is 0. The second-order valence-corrected chi connectivity index (χ2v) is 6.78. The molecule has 0 unspecified atom stereocenters. The molecule has 0 aliphatic heterocycles. The van der Waals surface area contributed by atoms with Crippen molar-refractivity contribution in [1.82, 2.24) is 15.0 Å². The van der Waals surface area contributed by atoms with Crippen LogP contribution in [0.4, 0.5) is 0 Å². The third-order valence-electron chi connectivity index (χ3n) is 3.71. The number of nitrogens with one attached hydrogen (secondary N) is 1. The zero-order valence-electron chi connectivity index (χ0n) is 13.2. The molecule has 2 aromatic heterocycles. The molecule has 0 spiro atoms. The van der Waals surface area contributed by atoms with Gasteiger partial charge in [-0.15, -0.1) is 0 Å². The number of imidazole rings is 1. The highest BCUT2D eigenvalue weighted by molar-refractivity contribution is 5.91. The van der Waals surface area contributed by atoms with Gasteiger partial charge in [0, 0.05) is 11.0 Å². The lowest BCUT2D eigenvalue weighted by Gasteiger charge is -2.14. The molecule has 0 saturated carbocycles. The van der Waals surface area contributed by atoms with Gasteiger partial charge in [0.25, 0.3) is 0 Å². The number of aromatic nitrogens is 3. The number of hydrogen-bond acceptors (Lipinski definition) is 3. The van der Waals surface area contributed by atoms with Gasteiger partial charge in [0.05, 0.1) is 11.9 Å². The van der Waals surface area contributed by atoms with Gasteiger partial charge in [-0.05, 0) is 11.5 Å². The van der Waals surface area contributed by atoms with E-state index in [0.717, 1.165) is 28.2 Å². The molecule has 0 fully saturated rings. The van der Waals surface area contributed by atoms with Crippen LogP contribution >= 0.6 is 0 Å². The Bertz CT molecular complexity index is 775. The first-order valence-corrected chi connectivity index (χ1v) is 7.30. The van der Waals surface area contributed by atoms with Crippen molar-refractivity contribution in [3.05, 3.63) is 36.1 Å². The van der Waals surface area contributed by atoms with Gasteiger partial charge >= 0.3 is 0 Å². The second kappa shape index (κ2) is 4.72. The van der Waals surface area contributed by atoms with Gasteiger partial charge in [-0.1, -0.05) is 46.8 Å². The standard InChI is InChI=1S/C17H21N3O/c1-10(2)11-6-7-12(14-15(11)21-9-19-14)13-8-18-16(20-13)17(3,4)5/h6-10H,1-5H3,(H,18,20). The van der Waals surface area contributed by atoms with Crippen molar-refractivity contribution < 1.29 is 4.42 Å². The smallest absolute Gasteiger partial charge is 0.182 e. The molecule has 4 nitrogen and oxygen atoms in total. The van der Waals surface area contributed by atoms with Crippen molar-refractivity contribution in [3.8, 4) is 11.3 Å². The molecule has 0 atom stereocenters. The van der Waals surface area contributed by atoms with Crippen LogP contribution < -0.4 is 0 Å². The van der Waals surface area contributed by atoms with Crippen LogP contribution in [0.5, 0.6) is 0 Å². The SMILES string of the molecule is CC(C)c1ccc(-c2cnc(C(C)(C)C)[nH]2)c2ncoc12. The zero-order valence-corrected chi connectivity index (χ0v) is 13.2. The summed E-state index contributed by atoms with van der Waals surface area (Å²) in [5.41, 5.74) is 4.96. The van der Waals surface area contributed by atoms with Crippen LogP contribution in [0, 0.1) is 0 Å². The maximum absolute atomic E-state index is 5.60. The molecule has 2 heterocycles. The molecule has 0 aliphatic carbocycles. The summed E-state index contributed by atoms with van der Waals surface area (Å²) in [4.78, 5) is 12.3. The van der Waals surface area contributed by atoms with Gasteiger partial charge in [-0.3, -0.25) is 0 Å². The van der Waals surface area contributed by atoms with Gasteiger partial charge in [0.1, 0.15) is 11.3 Å². The first-order chi connectivity index (χ1) is 9.88. The van der Waals surface area contributed by atoms with Gasteiger partial charge in [0.2, 0.25) is 0 Å². The molecule has 0 bridgehead atoms. The number of hydrogen-bond donors (Lipinski definition) is 1. The Labute approximate surface area is 124 Å². The van der Waals surface area contributed by atoms with Gasteiger partial charge in [0.15, 0.2) is 12.0 Å². The zero-order chi connectivity index (χ0) is 15.2. The van der Waals surface area contributed by atoms with E-state index in [2.05, 4.69) is 61.7 Å². The predicted molar refractivity (Wildman–Crippen MR) is 84.4 cm³/mol. The quantitative estimate of drug-likeness (QED) is 0.745. The van der Waals surface area contributed by atoms with Crippen molar-refractivity contribution in [1.29, 1.82) is 0 Å². The minimum Gasteiger partial charge on any atom is -0.443 e. The number of fused-ring (bicyclic) bond motifs is 1. The first kappa shape index (κ1) is 13.9. The molecule has 3 rings (SSSR count). The average Bonchev–Trinajstić information content (AvgIpc) is 3.05. The van der Waals surface area contributed by atoms with E-state index in [4.69, 9.17) is 4.42 Å². The van der Waals surface area contributed by atoms with E-state index in [0.29, 0.717) is 5.92 Å². The largest absolute Gasteiger partial charge is 0.443 e. The molecule has 1 N–H and O–H groups in total. The third kappa shape index (κ3) is 2.35. The summed E-state index contributed by atoms with van der Waals surface area (Å²) in [6.45, 7) is 10.7. The number of H-pyrrole nitrogens is 1. The van der Waals surface area contributed by atoms with Crippen LogP contribution in [0.15, 0.2) is 29.1 Å². The van der Waals surface area contributed by atoms with Gasteiger partial charge in [-0.25, -0.2) is 9.97 Å². The van der Waals surface area contributed by atoms with Crippen molar-refractivity contribution in [2.45, 2.75) is 46.0 Å². The molecule has 21 heavy (non-hydrogen) atoms. The highest BCUT2D eigenvalue weighted by atomic mass is 16.3. The highest BCUT2D eigenvalue weighted by Gasteiger charge is 2.20. The fraction of sp³-hybridized carbons (Fsp3) is 0.412. The Morgan fingerprint density at radius 2 is 1.90 bits per heavy atom. The monoisotopic (exact) mass is 283 g/mol. The van der Waals surface area contributed by atoms with Gasteiger partial charge < -0.3 is 9.40 Å². The van der Waals surface area contributed by atoms with Crippen LogP contribution in [-0.4, -0.2) is 15.0 Å². The number of nitrogens with zero attached hydrogens (tertiary/aromatic N) is 2. The van der Waals surface area contributed by atoms with Crippen molar-refractivity contribution >= 4 is 11.1 Å². The Morgan fingerprint density at radius 3 is 2.52 bits per heavy atom. The summed E-state index contributed by atoms with van der Waals surface area (Å²) in [6, 6.07) is 4.21. The van der Waals surface area contributed by atoms with Crippen molar-refractivity contribution in [3.63, 3.8) is 0 Å². The topological polar surface area (TPSA) is 54.7 Å². The lowest BCUT2D eigenvalue weighted by atomic mass is 9.96. The average molecular weight is 283 g/mol. The molecule has 0 amide bonds. The molecule has 4 heteroatoms. The number of rotatable bonds is 2.